The van der Waals surface area contributed by atoms with E-state index in [9.17, 15) is 15.2 Å². The first-order valence-electron chi connectivity index (χ1n) is 44.5. The third-order valence-electron chi connectivity index (χ3n) is 26.1. The van der Waals surface area contributed by atoms with E-state index in [1.54, 1.807) is 73.0 Å². The Hall–Kier alpha value is -8.74. The van der Waals surface area contributed by atoms with E-state index >= 15 is 0 Å². The fourth-order valence-electron chi connectivity index (χ4n) is 20.6. The lowest BCUT2D eigenvalue weighted by atomic mass is 9.63. The van der Waals surface area contributed by atoms with E-state index in [-0.39, 0.29) is 21.8 Å². The van der Waals surface area contributed by atoms with Crippen molar-refractivity contribution in [1.29, 1.82) is 5.26 Å². The molecule has 113 heavy (non-hydrogen) atoms. The van der Waals surface area contributed by atoms with Crippen LogP contribution < -0.4 is 9.80 Å². The molecule has 11 aromatic rings. The van der Waals surface area contributed by atoms with E-state index in [1.165, 1.54) is 218 Å². The van der Waals surface area contributed by atoms with E-state index < -0.39 is 5.97 Å². The number of carboxylic acid groups (broad SMARTS) is 1. The van der Waals surface area contributed by atoms with Gasteiger partial charge in [0.2, 0.25) is 0 Å². The molecule has 3 heterocycles. The molecule has 6 nitrogen and oxygen atoms in total. The monoisotopic (exact) mass is 1540 g/mol. The van der Waals surface area contributed by atoms with Gasteiger partial charge in [-0.3, -0.25) is 0 Å². The highest BCUT2D eigenvalue weighted by Crippen LogP contribution is 2.72. The molecular weight excluding hydrogens is 1410 g/mol. The minimum Gasteiger partial charge on any atom is -0.477 e. The average molecular weight is 1540 g/mol. The Balaban J connectivity index is 1.03. The number of benzene rings is 8. The number of aliphatic carboxylic acids is 1. The largest absolute Gasteiger partial charge is 0.477 e. The van der Waals surface area contributed by atoms with Gasteiger partial charge in [-0.1, -0.05) is 325 Å². The summed E-state index contributed by atoms with van der Waals surface area (Å²) in [5, 5.41) is 19.8. The zero-order valence-corrected chi connectivity index (χ0v) is 70.8. The predicted octanol–water partition coefficient (Wildman–Crippen LogP) is 32.7. The number of rotatable bonds is 44. The number of anilines is 6. The highest BCUT2D eigenvalue weighted by atomic mass is 32.1. The molecule has 8 aromatic carbocycles. The van der Waals surface area contributed by atoms with Crippen molar-refractivity contribution in [1.82, 2.24) is 4.57 Å². The van der Waals surface area contributed by atoms with Crippen LogP contribution in [-0.2, 0) is 27.6 Å². The van der Waals surface area contributed by atoms with Crippen LogP contribution in [0.2, 0.25) is 0 Å². The lowest BCUT2D eigenvalue weighted by molar-refractivity contribution is -0.132. The first-order valence-corrected chi connectivity index (χ1v) is 46.1. The van der Waals surface area contributed by atoms with Gasteiger partial charge in [0.25, 0.3) is 0 Å². The molecule has 0 fully saturated rings. The molecular formula is C105H124N4O2S2. The zero-order valence-electron chi connectivity index (χ0n) is 69.2. The molecule has 3 aliphatic carbocycles. The van der Waals surface area contributed by atoms with Gasteiger partial charge < -0.3 is 19.5 Å². The number of thiophene rings is 2. The highest BCUT2D eigenvalue weighted by Gasteiger charge is 2.58. The number of aromatic nitrogens is 1. The molecule has 0 amide bonds. The second-order valence-corrected chi connectivity index (χ2v) is 35.6. The van der Waals surface area contributed by atoms with Crippen molar-refractivity contribution in [2.75, 3.05) is 9.80 Å². The van der Waals surface area contributed by atoms with Crippen LogP contribution in [0.1, 0.15) is 305 Å². The van der Waals surface area contributed by atoms with Gasteiger partial charge in [-0.25, -0.2) is 4.79 Å². The van der Waals surface area contributed by atoms with Crippen LogP contribution in [0.4, 0.5) is 34.1 Å². The molecule has 14 rings (SSSR count). The first kappa shape index (κ1) is 80.9. The third kappa shape index (κ3) is 16.1. The number of aryl methyl sites for hydroxylation is 1. The number of unbranched alkanes of at least 4 members (excludes halogenated alkanes) is 21. The Kier molecular flexibility index (Phi) is 27.0. The summed E-state index contributed by atoms with van der Waals surface area (Å²) in [6, 6.07) is 75.3. The number of nitriles is 1. The van der Waals surface area contributed by atoms with Crippen molar-refractivity contribution in [3.05, 3.63) is 232 Å². The quantitative estimate of drug-likeness (QED) is 0.0234. The highest BCUT2D eigenvalue weighted by molar-refractivity contribution is 7.29. The van der Waals surface area contributed by atoms with Gasteiger partial charge in [0.1, 0.15) is 11.6 Å². The molecule has 3 aromatic heterocycles. The van der Waals surface area contributed by atoms with Gasteiger partial charge in [-0.15, -0.1) is 22.7 Å². The van der Waals surface area contributed by atoms with Crippen molar-refractivity contribution in [3.8, 4) is 49.9 Å². The first-order chi connectivity index (χ1) is 55.6. The SMILES string of the molecule is CCCCCCn1c2cc(/C=C(\C#N)C(=O)O)sc2c2sc(-c3ccc(N(c4ccc(N(c5ccccc5)c5ccccc5)cc4)c4ccc5c(c4)C(CCCCCC)(CCCCCC)c4c6c(c7c(c4-5)C(CCCCCC)(CCCCCC)c4ccccc4-7)C(CCCCCC)(CCCCCC)c4ccccc4-6)cc3)cc21. The molecule has 0 bridgehead atoms. The van der Waals surface area contributed by atoms with Crippen molar-refractivity contribution in [3.63, 3.8) is 0 Å². The Morgan fingerprint density at radius 1 is 0.381 bits per heavy atom. The fraction of sp³-hybridized carbons (Fsp3) is 0.429. The van der Waals surface area contributed by atoms with Crippen LogP contribution in [0, 0.1) is 11.3 Å². The molecule has 0 saturated carbocycles. The minimum absolute atomic E-state index is 0.126. The van der Waals surface area contributed by atoms with Crippen LogP contribution in [0.3, 0.4) is 0 Å². The number of nitrogens with zero attached hydrogens (tertiary/aromatic N) is 4. The van der Waals surface area contributed by atoms with Gasteiger partial charge >= 0.3 is 5.97 Å². The topological polar surface area (TPSA) is 72.5 Å². The summed E-state index contributed by atoms with van der Waals surface area (Å²) in [7, 11) is 0. The second kappa shape index (κ2) is 37.7. The Morgan fingerprint density at radius 3 is 1.14 bits per heavy atom. The number of hydrogen-bond acceptors (Lipinski definition) is 6. The second-order valence-electron chi connectivity index (χ2n) is 33.5. The number of para-hydroxylation sites is 2. The van der Waals surface area contributed by atoms with Crippen molar-refractivity contribution >= 4 is 89.3 Å². The minimum atomic E-state index is -1.20. The van der Waals surface area contributed by atoms with E-state index in [2.05, 4.69) is 251 Å². The molecule has 0 spiro atoms. The van der Waals surface area contributed by atoms with Crippen LogP contribution in [0.5, 0.6) is 0 Å². The maximum Gasteiger partial charge on any atom is 0.346 e. The van der Waals surface area contributed by atoms with Crippen LogP contribution in [0.15, 0.2) is 194 Å². The normalized spacial score (nSPS) is 13.9. The zero-order chi connectivity index (χ0) is 78.3. The predicted molar refractivity (Wildman–Crippen MR) is 487 cm³/mol. The summed E-state index contributed by atoms with van der Waals surface area (Å²) in [4.78, 5) is 19.1. The maximum atomic E-state index is 12.1. The number of carboxylic acids is 1. The summed E-state index contributed by atoms with van der Waals surface area (Å²) in [5.74, 6) is -1.20. The average Bonchev–Trinajstić information content (AvgIpc) is 1.48. The Labute approximate surface area is 685 Å². The molecule has 0 saturated heterocycles. The Morgan fingerprint density at radius 2 is 0.726 bits per heavy atom. The number of hydrogen-bond donors (Lipinski definition) is 1. The molecule has 0 atom stereocenters. The number of carbonyl (C=O) groups is 1. The van der Waals surface area contributed by atoms with Crippen molar-refractivity contribution < 1.29 is 9.90 Å². The van der Waals surface area contributed by atoms with E-state index in [0.717, 1.165) is 87.7 Å². The van der Waals surface area contributed by atoms with E-state index in [1.807, 2.05) is 17.4 Å². The summed E-state index contributed by atoms with van der Waals surface area (Å²) >= 11 is 3.41. The van der Waals surface area contributed by atoms with Gasteiger partial charge in [-0.2, -0.15) is 5.26 Å². The molecule has 3 aliphatic rings. The summed E-state index contributed by atoms with van der Waals surface area (Å²) in [6.07, 6.45) is 42.8. The molecule has 0 aliphatic heterocycles. The van der Waals surface area contributed by atoms with Crippen LogP contribution in [-0.4, -0.2) is 15.6 Å². The van der Waals surface area contributed by atoms with Crippen LogP contribution >= 0.6 is 22.7 Å². The van der Waals surface area contributed by atoms with Gasteiger partial charge in [-0.05, 0) is 208 Å². The van der Waals surface area contributed by atoms with Gasteiger partial charge in [0.15, 0.2) is 0 Å². The molecule has 8 heteroatoms. The lowest BCUT2D eigenvalue weighted by Gasteiger charge is -2.40. The third-order valence-corrected chi connectivity index (χ3v) is 28.5. The maximum absolute atomic E-state index is 12.1. The van der Waals surface area contributed by atoms with Gasteiger partial charge in [0.05, 0.1) is 20.4 Å². The summed E-state index contributed by atoms with van der Waals surface area (Å²) in [6.45, 7) is 17.5. The van der Waals surface area contributed by atoms with Gasteiger partial charge in [0, 0.05) is 66.7 Å². The summed E-state index contributed by atoms with van der Waals surface area (Å²) in [5.41, 5.74) is 28.9. The van der Waals surface area contributed by atoms with Crippen molar-refractivity contribution in [2.24, 2.45) is 0 Å². The van der Waals surface area contributed by atoms with Crippen LogP contribution in [0.25, 0.3) is 70.3 Å². The van der Waals surface area contributed by atoms with Crippen molar-refractivity contribution in [2.45, 2.75) is 290 Å². The smallest absolute Gasteiger partial charge is 0.346 e. The van der Waals surface area contributed by atoms with E-state index in [0.29, 0.717) is 0 Å². The molecule has 1 N–H and O–H groups in total. The molecule has 588 valence electrons. The van der Waals surface area contributed by atoms with E-state index in [4.69, 9.17) is 0 Å². The summed E-state index contributed by atoms with van der Waals surface area (Å²) < 4.78 is 4.81. The standard InChI is InChI=1S/C105H124N4O2S2/c1-8-15-22-39-64-103(65-40-23-16-9-2)89-53-38-36-51-86(89)95-97(103)94-85-50-35-37-52-88(85)104(66-41-24-17-10-3,67-42-25-18-11-4)98(94)96-87-63-62-83(72-90(87)105(99(95)96,68-43-26-19-12-5)69-44-27-20-13-6)109(82-60-58-81(59-61-82)108(78-46-31-29-32-47-78)79-48-33-30-34-49-79)80-56-54-76(55-57-80)93-74-92-101(113-93)100-91(107(92)70-45-28-21-14-7)73-84(112-100)71-77(75-106)102(110)111/h29-38,46-63,71-74H,8-28,39-45,64-70H2,1-7H3,(H,110,111)/b77-71+. The Bertz CT molecular complexity index is 5000. The number of fused-ring (bicyclic) bond motifs is 15. The fourth-order valence-corrected chi connectivity index (χ4v) is 23.0. The lowest BCUT2D eigenvalue weighted by Crippen LogP contribution is -2.31. The molecule has 0 unspecified atom stereocenters. The molecule has 0 radical (unpaired) electrons.